The molecule has 0 N–H and O–H groups in total. The average Bonchev–Trinajstić information content (AvgIpc) is 3.10. The van der Waals surface area contributed by atoms with E-state index in [1.54, 1.807) is 19.4 Å². The van der Waals surface area contributed by atoms with Crippen molar-refractivity contribution in [3.63, 3.8) is 0 Å². The first-order valence-corrected chi connectivity index (χ1v) is 7.85. The van der Waals surface area contributed by atoms with Gasteiger partial charge in [-0.2, -0.15) is 4.98 Å². The van der Waals surface area contributed by atoms with E-state index in [1.807, 2.05) is 59.3 Å². The molecule has 0 aliphatic carbocycles. The molecular weight excluding hydrogens is 316 g/mol. The number of ether oxygens (including phenoxy) is 2. The minimum absolute atomic E-state index is 0.381. The van der Waals surface area contributed by atoms with E-state index >= 15 is 0 Å². The fraction of sp³-hybridized carbons (Fsp3) is 0.105. The summed E-state index contributed by atoms with van der Waals surface area (Å²) in [5.41, 5.74) is 3.03. The number of imidazole rings is 1. The number of pyridine rings is 1. The molecule has 0 radical (unpaired) electrons. The predicted molar refractivity (Wildman–Crippen MR) is 93.5 cm³/mol. The van der Waals surface area contributed by atoms with Crippen molar-refractivity contribution < 1.29 is 9.47 Å². The summed E-state index contributed by atoms with van der Waals surface area (Å²) in [6.45, 7) is 0.381. The molecule has 4 rings (SSSR count). The second-order valence-electron chi connectivity index (χ2n) is 5.44. The lowest BCUT2D eigenvalue weighted by Crippen LogP contribution is -2.00. The van der Waals surface area contributed by atoms with Crippen LogP contribution in [0.2, 0.25) is 0 Å². The van der Waals surface area contributed by atoms with Gasteiger partial charge in [0.1, 0.15) is 6.61 Å². The van der Waals surface area contributed by atoms with Crippen LogP contribution in [0, 0.1) is 0 Å². The molecule has 4 aromatic rings. The lowest BCUT2D eigenvalue weighted by Gasteiger charge is -2.07. The van der Waals surface area contributed by atoms with E-state index < -0.39 is 0 Å². The number of hydrogen-bond acceptors (Lipinski definition) is 5. The van der Waals surface area contributed by atoms with Crippen molar-refractivity contribution in [2.45, 2.75) is 6.61 Å². The van der Waals surface area contributed by atoms with Crippen LogP contribution in [0.5, 0.6) is 11.8 Å². The molecule has 3 heterocycles. The van der Waals surface area contributed by atoms with Gasteiger partial charge in [0.15, 0.2) is 0 Å². The second-order valence-corrected chi connectivity index (χ2v) is 5.44. The summed E-state index contributed by atoms with van der Waals surface area (Å²) in [7, 11) is 1.59. The van der Waals surface area contributed by atoms with Crippen molar-refractivity contribution in [2.24, 2.45) is 0 Å². The maximum absolute atomic E-state index is 5.74. The number of nitrogens with zero attached hydrogens (tertiary/aromatic N) is 4. The molecule has 0 amide bonds. The van der Waals surface area contributed by atoms with E-state index in [-0.39, 0.29) is 0 Å². The van der Waals surface area contributed by atoms with E-state index in [0.717, 1.165) is 16.8 Å². The van der Waals surface area contributed by atoms with Gasteiger partial charge < -0.3 is 9.47 Å². The molecule has 0 aliphatic rings. The van der Waals surface area contributed by atoms with Crippen LogP contribution in [0.25, 0.3) is 17.0 Å². The number of rotatable bonds is 5. The highest BCUT2D eigenvalue weighted by molar-refractivity contribution is 5.62. The van der Waals surface area contributed by atoms with Crippen LogP contribution in [-0.4, -0.2) is 26.5 Å². The van der Waals surface area contributed by atoms with Crippen molar-refractivity contribution in [1.29, 1.82) is 0 Å². The first-order valence-electron chi connectivity index (χ1n) is 7.85. The Morgan fingerprint density at radius 3 is 2.56 bits per heavy atom. The molecule has 6 nitrogen and oxygen atoms in total. The van der Waals surface area contributed by atoms with Gasteiger partial charge >= 0.3 is 0 Å². The third-order valence-electron chi connectivity index (χ3n) is 3.82. The Labute approximate surface area is 144 Å². The molecular formula is C19H16N4O2. The minimum atomic E-state index is 0.381. The lowest BCUT2D eigenvalue weighted by atomic mass is 10.2. The molecule has 3 aromatic heterocycles. The summed E-state index contributed by atoms with van der Waals surface area (Å²) in [6.07, 6.45) is 5.45. The van der Waals surface area contributed by atoms with E-state index in [9.17, 15) is 0 Å². The third-order valence-corrected chi connectivity index (χ3v) is 3.82. The molecule has 0 atom stereocenters. The molecule has 0 fully saturated rings. The van der Waals surface area contributed by atoms with Crippen LogP contribution in [0.1, 0.15) is 5.56 Å². The summed E-state index contributed by atoms with van der Waals surface area (Å²) in [5, 5.41) is 0. The van der Waals surface area contributed by atoms with Crippen LogP contribution >= 0.6 is 0 Å². The Balaban J connectivity index is 1.53. The molecule has 124 valence electrons. The molecule has 0 aliphatic heterocycles. The van der Waals surface area contributed by atoms with Gasteiger partial charge in [-0.1, -0.05) is 30.3 Å². The number of benzene rings is 1. The summed E-state index contributed by atoms with van der Waals surface area (Å²) in [4.78, 5) is 13.0. The number of methoxy groups -OCH3 is 1. The van der Waals surface area contributed by atoms with Gasteiger partial charge in [-0.3, -0.25) is 4.40 Å². The number of fused-ring (bicyclic) bond motifs is 1. The van der Waals surface area contributed by atoms with Gasteiger partial charge in [-0.15, -0.1) is 0 Å². The minimum Gasteiger partial charge on any atom is -0.481 e. The SMILES string of the molecule is COc1ccc(COc2ccn3c(-c4ccccc4)cnc3n2)cn1. The Hall–Kier alpha value is -3.41. The highest BCUT2D eigenvalue weighted by Gasteiger charge is 2.08. The first-order chi connectivity index (χ1) is 12.3. The maximum Gasteiger partial charge on any atom is 0.237 e. The van der Waals surface area contributed by atoms with E-state index in [4.69, 9.17) is 9.47 Å². The molecule has 0 bridgehead atoms. The fourth-order valence-corrected chi connectivity index (χ4v) is 2.53. The van der Waals surface area contributed by atoms with E-state index in [0.29, 0.717) is 24.1 Å². The van der Waals surface area contributed by atoms with Gasteiger partial charge in [0.05, 0.1) is 19.0 Å². The van der Waals surface area contributed by atoms with Gasteiger partial charge in [0.25, 0.3) is 0 Å². The molecule has 0 saturated heterocycles. The van der Waals surface area contributed by atoms with Gasteiger partial charge in [-0.25, -0.2) is 9.97 Å². The Morgan fingerprint density at radius 1 is 0.920 bits per heavy atom. The highest BCUT2D eigenvalue weighted by atomic mass is 16.5. The van der Waals surface area contributed by atoms with Crippen molar-refractivity contribution in [1.82, 2.24) is 19.4 Å². The fourth-order valence-electron chi connectivity index (χ4n) is 2.53. The van der Waals surface area contributed by atoms with Crippen molar-refractivity contribution in [3.8, 4) is 23.0 Å². The second kappa shape index (κ2) is 6.60. The lowest BCUT2D eigenvalue weighted by molar-refractivity contribution is 0.293. The van der Waals surface area contributed by atoms with E-state index in [2.05, 4.69) is 15.0 Å². The molecule has 0 spiro atoms. The molecule has 0 unspecified atom stereocenters. The number of aromatic nitrogens is 4. The van der Waals surface area contributed by atoms with Crippen molar-refractivity contribution in [2.75, 3.05) is 7.11 Å². The molecule has 0 saturated carbocycles. The predicted octanol–water partition coefficient (Wildman–Crippen LogP) is 3.38. The third kappa shape index (κ3) is 3.14. The first kappa shape index (κ1) is 15.1. The van der Waals surface area contributed by atoms with Crippen LogP contribution in [0.3, 0.4) is 0 Å². The Kier molecular flexibility index (Phi) is 4.00. The maximum atomic E-state index is 5.74. The van der Waals surface area contributed by atoms with Crippen LogP contribution in [0.4, 0.5) is 0 Å². The topological polar surface area (TPSA) is 61.5 Å². The van der Waals surface area contributed by atoms with Crippen LogP contribution in [0.15, 0.2) is 67.1 Å². The highest BCUT2D eigenvalue weighted by Crippen LogP contribution is 2.21. The zero-order chi connectivity index (χ0) is 17.1. The van der Waals surface area contributed by atoms with Gasteiger partial charge in [0, 0.05) is 35.7 Å². The van der Waals surface area contributed by atoms with Crippen LogP contribution < -0.4 is 9.47 Å². The Morgan fingerprint density at radius 2 is 1.80 bits per heavy atom. The normalized spacial score (nSPS) is 10.8. The summed E-state index contributed by atoms with van der Waals surface area (Å²) in [5.74, 6) is 1.70. The van der Waals surface area contributed by atoms with Crippen LogP contribution in [-0.2, 0) is 6.61 Å². The number of hydrogen-bond donors (Lipinski definition) is 0. The summed E-state index contributed by atoms with van der Waals surface area (Å²) in [6, 6.07) is 15.6. The average molecular weight is 332 g/mol. The van der Waals surface area contributed by atoms with Crippen molar-refractivity contribution in [3.05, 3.63) is 72.7 Å². The summed E-state index contributed by atoms with van der Waals surface area (Å²) >= 11 is 0. The standard InChI is InChI=1S/C19H16N4O2/c1-24-17-8-7-14(11-20-17)13-25-18-9-10-23-16(12-21-19(23)22-18)15-5-3-2-4-6-15/h2-12H,13H2,1H3. The van der Waals surface area contributed by atoms with E-state index in [1.165, 1.54) is 0 Å². The largest absolute Gasteiger partial charge is 0.481 e. The molecule has 1 aromatic carbocycles. The molecule has 25 heavy (non-hydrogen) atoms. The molecule has 6 heteroatoms. The van der Waals surface area contributed by atoms with Crippen molar-refractivity contribution >= 4 is 5.78 Å². The van der Waals surface area contributed by atoms with Gasteiger partial charge in [0.2, 0.25) is 17.5 Å². The zero-order valence-corrected chi connectivity index (χ0v) is 13.7. The summed E-state index contributed by atoms with van der Waals surface area (Å²) < 4.78 is 12.7. The zero-order valence-electron chi connectivity index (χ0n) is 13.7. The smallest absolute Gasteiger partial charge is 0.237 e. The monoisotopic (exact) mass is 332 g/mol. The Bertz CT molecular complexity index is 981. The quantitative estimate of drug-likeness (QED) is 0.561. The van der Waals surface area contributed by atoms with Gasteiger partial charge in [-0.05, 0) is 6.07 Å².